The van der Waals surface area contributed by atoms with Crippen LogP contribution < -0.4 is 5.73 Å². The summed E-state index contributed by atoms with van der Waals surface area (Å²) in [6, 6.07) is 3.37. The van der Waals surface area contributed by atoms with Crippen molar-refractivity contribution in [3.63, 3.8) is 0 Å². The van der Waals surface area contributed by atoms with E-state index in [-0.39, 0.29) is 29.8 Å². The van der Waals surface area contributed by atoms with Crippen molar-refractivity contribution in [2.75, 3.05) is 19.4 Å². The Hall–Kier alpha value is -2.11. The van der Waals surface area contributed by atoms with Gasteiger partial charge in [-0.1, -0.05) is 0 Å². The highest BCUT2D eigenvalue weighted by Crippen LogP contribution is 2.14. The number of ether oxygens (including phenoxy) is 1. The maximum absolute atomic E-state index is 12.8. The number of carbonyl (C=O) groups excluding carboxylic acids is 2. The molecule has 0 atom stereocenters. The summed E-state index contributed by atoms with van der Waals surface area (Å²) < 4.78 is 17.7. The maximum Gasteiger partial charge on any atom is 0.340 e. The Morgan fingerprint density at radius 1 is 1.42 bits per heavy atom. The fraction of sp³-hybridized carbons (Fsp3) is 0.385. The van der Waals surface area contributed by atoms with Gasteiger partial charge in [0.05, 0.1) is 5.56 Å². The molecule has 2 N–H and O–H groups in total. The first kappa shape index (κ1) is 14.9. The van der Waals surface area contributed by atoms with Gasteiger partial charge in [0.25, 0.3) is 5.91 Å². The highest BCUT2D eigenvalue weighted by Gasteiger charge is 2.17. The number of benzene rings is 1. The van der Waals surface area contributed by atoms with Crippen LogP contribution in [0.3, 0.4) is 0 Å². The molecule has 5 nitrogen and oxygen atoms in total. The number of halogens is 1. The van der Waals surface area contributed by atoms with Gasteiger partial charge in [-0.25, -0.2) is 9.18 Å². The normalized spacial score (nSPS) is 10.4. The molecule has 1 aromatic carbocycles. The van der Waals surface area contributed by atoms with Crippen molar-refractivity contribution in [3.05, 3.63) is 29.6 Å². The number of nitrogens with two attached hydrogens (primary N) is 1. The van der Waals surface area contributed by atoms with Crippen LogP contribution in [0.2, 0.25) is 0 Å². The quantitative estimate of drug-likeness (QED) is 0.662. The van der Waals surface area contributed by atoms with E-state index in [1.165, 1.54) is 11.0 Å². The highest BCUT2D eigenvalue weighted by molar-refractivity contribution is 5.96. The van der Waals surface area contributed by atoms with Crippen LogP contribution in [0.1, 0.15) is 24.2 Å². The molecule has 0 aliphatic heterocycles. The second-order valence-electron chi connectivity index (χ2n) is 4.41. The third-order valence-corrected chi connectivity index (χ3v) is 2.73. The largest absolute Gasteiger partial charge is 0.452 e. The topological polar surface area (TPSA) is 72.6 Å². The smallest absolute Gasteiger partial charge is 0.340 e. The second-order valence-corrected chi connectivity index (χ2v) is 4.41. The zero-order chi connectivity index (χ0) is 14.6. The van der Waals surface area contributed by atoms with Gasteiger partial charge in [-0.3, -0.25) is 4.79 Å². The van der Waals surface area contributed by atoms with Gasteiger partial charge in [0.2, 0.25) is 0 Å². The number of anilines is 1. The van der Waals surface area contributed by atoms with E-state index in [9.17, 15) is 14.0 Å². The summed E-state index contributed by atoms with van der Waals surface area (Å²) in [6.07, 6.45) is 0. The molecule has 0 bridgehead atoms. The number of hydrogen-bond donors (Lipinski definition) is 1. The highest BCUT2D eigenvalue weighted by atomic mass is 19.1. The van der Waals surface area contributed by atoms with Crippen LogP contribution >= 0.6 is 0 Å². The molecule has 0 aliphatic carbocycles. The first-order chi connectivity index (χ1) is 8.82. The van der Waals surface area contributed by atoms with E-state index in [1.54, 1.807) is 7.05 Å². The molecule has 104 valence electrons. The van der Waals surface area contributed by atoms with Crippen molar-refractivity contribution in [1.82, 2.24) is 4.90 Å². The van der Waals surface area contributed by atoms with E-state index in [0.717, 1.165) is 12.1 Å². The molecule has 19 heavy (non-hydrogen) atoms. The van der Waals surface area contributed by atoms with E-state index in [4.69, 9.17) is 10.5 Å². The van der Waals surface area contributed by atoms with E-state index >= 15 is 0 Å². The van der Waals surface area contributed by atoms with Crippen molar-refractivity contribution in [1.29, 1.82) is 0 Å². The van der Waals surface area contributed by atoms with Crippen molar-refractivity contribution in [2.24, 2.45) is 0 Å². The molecule has 1 aromatic rings. The first-order valence-corrected chi connectivity index (χ1v) is 5.80. The number of likely N-dealkylation sites (N-methyl/N-ethyl adjacent to an activating group) is 1. The average Bonchev–Trinajstić information content (AvgIpc) is 2.34. The summed E-state index contributed by atoms with van der Waals surface area (Å²) in [4.78, 5) is 24.8. The fourth-order valence-corrected chi connectivity index (χ4v) is 1.31. The van der Waals surface area contributed by atoms with Crippen LogP contribution in [0.4, 0.5) is 10.1 Å². The van der Waals surface area contributed by atoms with Crippen LogP contribution in [0.25, 0.3) is 0 Å². The van der Waals surface area contributed by atoms with Gasteiger partial charge < -0.3 is 15.4 Å². The third kappa shape index (κ3) is 3.94. The Bertz CT molecular complexity index is 489. The Morgan fingerprint density at radius 2 is 2.05 bits per heavy atom. The van der Waals surface area contributed by atoms with E-state index in [1.807, 2.05) is 13.8 Å². The van der Waals surface area contributed by atoms with E-state index < -0.39 is 11.8 Å². The summed E-state index contributed by atoms with van der Waals surface area (Å²) in [7, 11) is 1.62. The molecular weight excluding hydrogens is 251 g/mol. The summed E-state index contributed by atoms with van der Waals surface area (Å²) >= 11 is 0. The predicted octanol–water partition coefficient (Wildman–Crippen LogP) is 1.43. The zero-order valence-electron chi connectivity index (χ0n) is 11.1. The van der Waals surface area contributed by atoms with Crippen LogP contribution in [-0.4, -0.2) is 36.5 Å². The number of carbonyl (C=O) groups is 2. The Balaban J connectivity index is 2.63. The van der Waals surface area contributed by atoms with Gasteiger partial charge >= 0.3 is 5.97 Å². The SMILES string of the molecule is CC(C)N(C)C(=O)COC(=O)c1ccc(F)cc1N. The van der Waals surface area contributed by atoms with Crippen molar-refractivity contribution < 1.29 is 18.7 Å². The van der Waals surface area contributed by atoms with Gasteiger partial charge in [-0.2, -0.15) is 0 Å². The van der Waals surface area contributed by atoms with Crippen molar-refractivity contribution in [2.45, 2.75) is 19.9 Å². The summed E-state index contributed by atoms with van der Waals surface area (Å²) in [5.74, 6) is -1.60. The molecule has 1 rings (SSSR count). The molecule has 0 aliphatic rings. The van der Waals surface area contributed by atoms with Crippen LogP contribution in [0.15, 0.2) is 18.2 Å². The number of hydrogen-bond acceptors (Lipinski definition) is 4. The Kier molecular flexibility index (Phi) is 4.86. The first-order valence-electron chi connectivity index (χ1n) is 5.80. The lowest BCUT2D eigenvalue weighted by atomic mass is 10.2. The number of nitrogens with zero attached hydrogens (tertiary/aromatic N) is 1. The molecule has 0 heterocycles. The van der Waals surface area contributed by atoms with Crippen LogP contribution in [0, 0.1) is 5.82 Å². The molecule has 0 saturated carbocycles. The fourth-order valence-electron chi connectivity index (χ4n) is 1.31. The molecule has 0 saturated heterocycles. The molecule has 0 aromatic heterocycles. The minimum absolute atomic E-state index is 0.0158. The van der Waals surface area contributed by atoms with Crippen molar-refractivity contribution in [3.8, 4) is 0 Å². The van der Waals surface area contributed by atoms with Gasteiger partial charge in [0.1, 0.15) is 5.82 Å². The minimum atomic E-state index is -0.747. The van der Waals surface area contributed by atoms with Crippen LogP contribution in [-0.2, 0) is 9.53 Å². The van der Waals surface area contributed by atoms with Crippen LogP contribution in [0.5, 0.6) is 0 Å². The molecule has 0 spiro atoms. The summed E-state index contributed by atoms with van der Waals surface area (Å²) in [5.41, 5.74) is 5.52. The lowest BCUT2D eigenvalue weighted by Gasteiger charge is -2.21. The maximum atomic E-state index is 12.8. The summed E-state index contributed by atoms with van der Waals surface area (Å²) in [6.45, 7) is 3.32. The average molecular weight is 268 g/mol. The predicted molar refractivity (Wildman–Crippen MR) is 69.0 cm³/mol. The van der Waals surface area contributed by atoms with Crippen molar-refractivity contribution >= 4 is 17.6 Å². The minimum Gasteiger partial charge on any atom is -0.452 e. The van der Waals surface area contributed by atoms with Gasteiger partial charge in [-0.15, -0.1) is 0 Å². The number of rotatable bonds is 4. The number of esters is 1. The van der Waals surface area contributed by atoms with E-state index in [2.05, 4.69) is 0 Å². The second kappa shape index (κ2) is 6.17. The lowest BCUT2D eigenvalue weighted by molar-refractivity contribution is -0.134. The monoisotopic (exact) mass is 268 g/mol. The lowest BCUT2D eigenvalue weighted by Crippen LogP contribution is -2.36. The Morgan fingerprint density at radius 3 is 2.58 bits per heavy atom. The van der Waals surface area contributed by atoms with Gasteiger partial charge in [-0.05, 0) is 32.0 Å². The molecule has 0 radical (unpaired) electrons. The standard InChI is InChI=1S/C13H17FN2O3/c1-8(2)16(3)12(17)7-19-13(18)10-5-4-9(14)6-11(10)15/h4-6,8H,7,15H2,1-3H3. The molecule has 1 amide bonds. The van der Waals surface area contributed by atoms with Gasteiger partial charge in [0.15, 0.2) is 6.61 Å². The van der Waals surface area contributed by atoms with E-state index in [0.29, 0.717) is 0 Å². The zero-order valence-corrected chi connectivity index (χ0v) is 11.1. The Labute approximate surface area is 111 Å². The third-order valence-electron chi connectivity index (χ3n) is 2.73. The molecular formula is C13H17FN2O3. The molecule has 6 heteroatoms. The van der Waals surface area contributed by atoms with Gasteiger partial charge in [0, 0.05) is 18.8 Å². The molecule has 0 unspecified atom stereocenters. The number of nitrogen functional groups attached to an aromatic ring is 1. The molecule has 0 fully saturated rings. The summed E-state index contributed by atoms with van der Waals surface area (Å²) in [5, 5.41) is 0. The number of amides is 1.